The number of amides is 1. The van der Waals surface area contributed by atoms with Gasteiger partial charge in [0.1, 0.15) is 23.9 Å². The summed E-state index contributed by atoms with van der Waals surface area (Å²) in [4.78, 5) is 21.4. The minimum absolute atomic E-state index is 0.00211. The van der Waals surface area contributed by atoms with Crippen LogP contribution in [0.5, 0.6) is 0 Å². The van der Waals surface area contributed by atoms with Crippen molar-refractivity contribution in [2.24, 2.45) is 0 Å². The molecule has 0 bridgehead atoms. The van der Waals surface area contributed by atoms with Crippen LogP contribution in [0.1, 0.15) is 28.4 Å². The van der Waals surface area contributed by atoms with Gasteiger partial charge in [0.15, 0.2) is 0 Å². The molecule has 1 amide bonds. The van der Waals surface area contributed by atoms with Crippen molar-refractivity contribution in [1.82, 2.24) is 30.8 Å². The predicted molar refractivity (Wildman–Crippen MR) is 113 cm³/mol. The first kappa shape index (κ1) is 19.1. The number of fused-ring (bicyclic) bond motifs is 1. The molecule has 0 radical (unpaired) electrons. The van der Waals surface area contributed by atoms with Crippen LogP contribution in [-0.4, -0.2) is 45.3 Å². The molecule has 0 aliphatic carbocycles. The molecule has 2 unspecified atom stereocenters. The third-order valence-electron chi connectivity index (χ3n) is 5.50. The smallest absolute Gasteiger partial charge is 0.258 e. The van der Waals surface area contributed by atoms with Crippen LogP contribution in [0.3, 0.4) is 0 Å². The molecule has 0 saturated heterocycles. The van der Waals surface area contributed by atoms with Crippen molar-refractivity contribution in [3.8, 4) is 0 Å². The van der Waals surface area contributed by atoms with Crippen molar-refractivity contribution in [2.45, 2.75) is 19.3 Å². The zero-order valence-electron chi connectivity index (χ0n) is 17.0. The normalized spacial score (nSPS) is 21.6. The van der Waals surface area contributed by atoms with E-state index in [4.69, 9.17) is 4.84 Å². The van der Waals surface area contributed by atoms with Crippen molar-refractivity contribution >= 4 is 17.2 Å². The second kappa shape index (κ2) is 7.44. The van der Waals surface area contributed by atoms with E-state index in [0.717, 1.165) is 16.8 Å². The summed E-state index contributed by atoms with van der Waals surface area (Å²) in [5, 5.41) is 10.1. The van der Waals surface area contributed by atoms with Crippen LogP contribution in [0.25, 0.3) is 11.3 Å². The molecule has 5 rings (SSSR count). The monoisotopic (exact) mass is 420 g/mol. The number of allylic oxidation sites excluding steroid dienone is 3. The first-order chi connectivity index (χ1) is 15.0. The number of hydroxylamine groups is 1. The summed E-state index contributed by atoms with van der Waals surface area (Å²) in [6.07, 6.45) is 12.7. The van der Waals surface area contributed by atoms with Crippen molar-refractivity contribution < 1.29 is 14.0 Å². The number of benzene rings is 1. The Hall–Kier alpha value is -3.85. The van der Waals surface area contributed by atoms with Crippen LogP contribution in [-0.2, 0) is 4.84 Å². The molecule has 9 heteroatoms. The number of carbonyl (C=O) groups is 1. The summed E-state index contributed by atoms with van der Waals surface area (Å²) in [6.45, 7) is 1.78. The van der Waals surface area contributed by atoms with E-state index in [1.807, 2.05) is 35.6 Å². The van der Waals surface area contributed by atoms with E-state index in [-0.39, 0.29) is 11.7 Å². The third kappa shape index (κ3) is 3.38. The van der Waals surface area contributed by atoms with E-state index in [1.165, 1.54) is 17.0 Å². The number of nitrogens with one attached hydrogen (secondary N) is 3. The molecule has 1 aromatic carbocycles. The highest BCUT2D eigenvalue weighted by atomic mass is 19.1. The molecule has 1 aromatic heterocycles. The Morgan fingerprint density at radius 1 is 1.32 bits per heavy atom. The molecule has 3 N–H and O–H groups in total. The lowest BCUT2D eigenvalue weighted by atomic mass is 10.0. The van der Waals surface area contributed by atoms with Crippen LogP contribution < -0.4 is 10.8 Å². The molecular weight excluding hydrogens is 399 g/mol. The summed E-state index contributed by atoms with van der Waals surface area (Å²) in [6, 6.07) is 4.66. The Kier molecular flexibility index (Phi) is 4.59. The quantitative estimate of drug-likeness (QED) is 0.705. The number of rotatable bonds is 4. The second-order valence-corrected chi connectivity index (χ2v) is 7.53. The highest BCUT2D eigenvalue weighted by molar-refractivity contribution is 5.95. The molecule has 158 valence electrons. The van der Waals surface area contributed by atoms with Crippen LogP contribution in [0.2, 0.25) is 0 Å². The van der Waals surface area contributed by atoms with Gasteiger partial charge in [-0.1, -0.05) is 12.1 Å². The van der Waals surface area contributed by atoms with Gasteiger partial charge < -0.3 is 20.0 Å². The van der Waals surface area contributed by atoms with E-state index >= 15 is 0 Å². The molecule has 2 aromatic rings. The van der Waals surface area contributed by atoms with Gasteiger partial charge in [-0.25, -0.2) is 4.39 Å². The number of hydrogen-bond acceptors (Lipinski definition) is 6. The Bertz CT molecular complexity index is 1150. The van der Waals surface area contributed by atoms with Crippen molar-refractivity contribution in [2.75, 3.05) is 7.05 Å². The number of nitrogens with zero attached hydrogens (tertiary/aromatic N) is 3. The lowest BCUT2D eigenvalue weighted by Gasteiger charge is -2.28. The van der Waals surface area contributed by atoms with Gasteiger partial charge in [0.25, 0.3) is 5.91 Å². The van der Waals surface area contributed by atoms with Crippen molar-refractivity contribution in [3.05, 3.63) is 89.5 Å². The Balaban J connectivity index is 1.39. The van der Waals surface area contributed by atoms with Gasteiger partial charge in [-0.3, -0.25) is 9.89 Å². The minimum atomic E-state index is -0.579. The first-order valence-electron chi connectivity index (χ1n) is 9.83. The van der Waals surface area contributed by atoms with Gasteiger partial charge in [-0.15, -0.1) is 5.48 Å². The average molecular weight is 420 g/mol. The highest BCUT2D eigenvalue weighted by Gasteiger charge is 2.29. The maximum absolute atomic E-state index is 15.0. The lowest BCUT2D eigenvalue weighted by molar-refractivity contribution is 0.0488. The molecule has 3 aliphatic heterocycles. The standard InChI is InChI=1S/C22H21FN6O2/c1-13-7-21(27-31-13)28(2)22(30)17-5-3-14(8-18(17)23)19-11-24-20-6-4-15(12-29(19)20)16-9-25-26-10-16/h3-12,20-21,24,27H,1-2H3,(H,25,26). The summed E-state index contributed by atoms with van der Waals surface area (Å²) in [7, 11) is 1.60. The highest BCUT2D eigenvalue weighted by Crippen LogP contribution is 2.32. The van der Waals surface area contributed by atoms with Crippen molar-refractivity contribution in [3.63, 3.8) is 0 Å². The number of aromatic nitrogens is 2. The van der Waals surface area contributed by atoms with Gasteiger partial charge >= 0.3 is 0 Å². The van der Waals surface area contributed by atoms with Crippen LogP contribution in [0.15, 0.2) is 67.0 Å². The van der Waals surface area contributed by atoms with E-state index in [0.29, 0.717) is 11.3 Å². The molecule has 0 saturated carbocycles. The molecule has 2 atom stereocenters. The van der Waals surface area contributed by atoms with Crippen LogP contribution in [0, 0.1) is 5.82 Å². The fourth-order valence-electron chi connectivity index (χ4n) is 3.77. The molecule has 31 heavy (non-hydrogen) atoms. The van der Waals surface area contributed by atoms with E-state index in [1.54, 1.807) is 32.3 Å². The second-order valence-electron chi connectivity index (χ2n) is 7.53. The molecule has 0 fully saturated rings. The van der Waals surface area contributed by atoms with Gasteiger partial charge in [0.05, 0.1) is 17.5 Å². The zero-order chi connectivity index (χ0) is 21.5. The molecule has 3 aliphatic rings. The maximum Gasteiger partial charge on any atom is 0.258 e. The minimum Gasteiger partial charge on any atom is -0.411 e. The van der Waals surface area contributed by atoms with Crippen LogP contribution >= 0.6 is 0 Å². The van der Waals surface area contributed by atoms with Gasteiger partial charge in [0.2, 0.25) is 0 Å². The topological polar surface area (TPSA) is 85.5 Å². The number of aromatic amines is 1. The predicted octanol–water partition coefficient (Wildman–Crippen LogP) is 2.53. The average Bonchev–Trinajstić information content (AvgIpc) is 3.53. The lowest BCUT2D eigenvalue weighted by Crippen LogP contribution is -2.42. The fourth-order valence-corrected chi connectivity index (χ4v) is 3.77. The number of carbonyl (C=O) groups excluding carboxylic acids is 1. The Morgan fingerprint density at radius 2 is 2.19 bits per heavy atom. The van der Waals surface area contributed by atoms with E-state index < -0.39 is 17.9 Å². The largest absolute Gasteiger partial charge is 0.411 e. The molecule has 0 spiro atoms. The fraction of sp³-hybridized carbons (Fsp3) is 0.182. The number of likely N-dealkylation sites (N-methyl/N-ethyl adjacent to an activating group) is 1. The summed E-state index contributed by atoms with van der Waals surface area (Å²) >= 11 is 0. The Morgan fingerprint density at radius 3 is 2.90 bits per heavy atom. The summed E-state index contributed by atoms with van der Waals surface area (Å²) in [5.41, 5.74) is 6.16. The maximum atomic E-state index is 15.0. The summed E-state index contributed by atoms with van der Waals surface area (Å²) in [5.74, 6) is -0.352. The van der Waals surface area contributed by atoms with Gasteiger partial charge in [-0.2, -0.15) is 5.10 Å². The Labute approximate surface area is 178 Å². The molecular formula is C22H21FN6O2. The number of H-pyrrole nitrogens is 1. The van der Waals surface area contributed by atoms with E-state index in [9.17, 15) is 9.18 Å². The zero-order valence-corrected chi connectivity index (χ0v) is 17.0. The van der Waals surface area contributed by atoms with Gasteiger partial charge in [-0.05, 0) is 31.2 Å². The molecule has 8 nitrogen and oxygen atoms in total. The number of hydrogen-bond donors (Lipinski definition) is 3. The first-order valence-corrected chi connectivity index (χ1v) is 9.83. The van der Waals surface area contributed by atoms with Gasteiger partial charge in [0, 0.05) is 42.3 Å². The number of halogens is 1. The summed E-state index contributed by atoms with van der Waals surface area (Å²) < 4.78 is 15.0. The van der Waals surface area contributed by atoms with E-state index in [2.05, 4.69) is 21.0 Å². The van der Waals surface area contributed by atoms with Crippen LogP contribution in [0.4, 0.5) is 4.39 Å². The third-order valence-corrected chi connectivity index (χ3v) is 5.50. The SMILES string of the molecule is CC1=CC(N(C)C(=O)c2ccc(C3=CNC4C=CC(c5cn[nH]c5)=CN34)cc2F)NO1. The van der Waals surface area contributed by atoms with Crippen molar-refractivity contribution in [1.29, 1.82) is 0 Å². The molecule has 4 heterocycles.